The number of Topliss-reactive ketones (excluding diaryl/α,β-unsaturated/α-hetero) is 1. The van der Waals surface area contributed by atoms with E-state index in [1.807, 2.05) is 0 Å². The van der Waals surface area contributed by atoms with Crippen LogP contribution in [0.5, 0.6) is 0 Å². The number of hydrogen-bond acceptors (Lipinski definition) is 1. The monoisotopic (exact) mass is 242 g/mol. The Kier molecular flexibility index (Phi) is 4.74. The molecule has 1 aliphatic rings. The van der Waals surface area contributed by atoms with Gasteiger partial charge in [-0.15, -0.1) is 0 Å². The quantitative estimate of drug-likeness (QED) is 0.765. The van der Waals surface area contributed by atoms with Gasteiger partial charge in [0.1, 0.15) is 0 Å². The van der Waals surface area contributed by atoms with Crippen LogP contribution < -0.4 is 0 Å². The van der Waals surface area contributed by atoms with Crippen molar-refractivity contribution in [3.8, 4) is 0 Å². The van der Waals surface area contributed by atoms with Crippen molar-refractivity contribution in [2.75, 3.05) is 0 Å². The molecule has 0 amide bonds. The van der Waals surface area contributed by atoms with Crippen molar-refractivity contribution in [2.24, 2.45) is 0 Å². The van der Waals surface area contributed by atoms with Crippen LogP contribution in [-0.2, 0) is 11.2 Å². The Morgan fingerprint density at radius 1 is 1.17 bits per heavy atom. The summed E-state index contributed by atoms with van der Waals surface area (Å²) in [4.78, 5) is 12.2. The number of allylic oxidation sites excluding steroid dienone is 2. The lowest BCUT2D eigenvalue weighted by Gasteiger charge is -2.07. The summed E-state index contributed by atoms with van der Waals surface area (Å²) >= 11 is 0. The Labute approximate surface area is 110 Å². The first-order valence-electron chi connectivity index (χ1n) is 7.04. The van der Waals surface area contributed by atoms with Gasteiger partial charge in [-0.2, -0.15) is 0 Å². The van der Waals surface area contributed by atoms with Crippen LogP contribution in [0.4, 0.5) is 0 Å². The molecule has 1 heteroatoms. The minimum atomic E-state index is 0.361. The van der Waals surface area contributed by atoms with Crippen LogP contribution in [0.1, 0.15) is 49.7 Å². The van der Waals surface area contributed by atoms with Crippen LogP contribution in [-0.4, -0.2) is 5.78 Å². The summed E-state index contributed by atoms with van der Waals surface area (Å²) in [5, 5.41) is 0. The second-order valence-electron chi connectivity index (χ2n) is 5.18. The summed E-state index contributed by atoms with van der Waals surface area (Å²) in [6, 6.07) is 8.35. The number of rotatable bonds is 4. The standard InChI is InChI=1S/C17H22O/c1-14-8-6-7-9-15(14)12-13-17(18)16-10-4-2-3-5-11-16/h6-10H,2-5,11-13H2,1H3. The number of hydrogen-bond donors (Lipinski definition) is 0. The third kappa shape index (κ3) is 3.56. The van der Waals surface area contributed by atoms with Gasteiger partial charge in [-0.3, -0.25) is 4.79 Å². The molecular weight excluding hydrogens is 220 g/mol. The zero-order valence-corrected chi connectivity index (χ0v) is 11.2. The molecule has 0 aliphatic heterocycles. The molecule has 0 bridgehead atoms. The first-order chi connectivity index (χ1) is 8.77. The predicted octanol–water partition coefficient (Wildman–Crippen LogP) is 4.39. The van der Waals surface area contributed by atoms with E-state index in [2.05, 4.69) is 37.3 Å². The average Bonchev–Trinajstić information content (AvgIpc) is 2.66. The fraction of sp³-hybridized carbons (Fsp3) is 0.471. The second-order valence-corrected chi connectivity index (χ2v) is 5.18. The SMILES string of the molecule is Cc1ccccc1CCC(=O)C1=CCCCCC1. The number of benzene rings is 1. The maximum absolute atomic E-state index is 12.2. The zero-order chi connectivity index (χ0) is 12.8. The van der Waals surface area contributed by atoms with Gasteiger partial charge in [-0.1, -0.05) is 36.8 Å². The lowest BCUT2D eigenvalue weighted by atomic mass is 9.98. The molecule has 0 aromatic heterocycles. The maximum atomic E-state index is 12.2. The van der Waals surface area contributed by atoms with E-state index in [0.29, 0.717) is 12.2 Å². The molecule has 96 valence electrons. The molecule has 0 saturated heterocycles. The van der Waals surface area contributed by atoms with E-state index >= 15 is 0 Å². The topological polar surface area (TPSA) is 17.1 Å². The molecule has 0 atom stereocenters. The first kappa shape index (κ1) is 13.1. The zero-order valence-electron chi connectivity index (χ0n) is 11.2. The van der Waals surface area contributed by atoms with Gasteiger partial charge in [0, 0.05) is 6.42 Å². The summed E-state index contributed by atoms with van der Waals surface area (Å²) in [7, 11) is 0. The first-order valence-corrected chi connectivity index (χ1v) is 7.04. The lowest BCUT2D eigenvalue weighted by Crippen LogP contribution is -2.04. The third-order valence-electron chi connectivity index (χ3n) is 3.78. The van der Waals surface area contributed by atoms with Crippen molar-refractivity contribution in [2.45, 2.75) is 51.9 Å². The molecule has 0 spiro atoms. The summed E-state index contributed by atoms with van der Waals surface area (Å²) in [6.45, 7) is 2.12. The molecule has 18 heavy (non-hydrogen) atoms. The lowest BCUT2D eigenvalue weighted by molar-refractivity contribution is -0.115. The highest BCUT2D eigenvalue weighted by molar-refractivity contribution is 5.95. The molecule has 0 heterocycles. The second kappa shape index (κ2) is 6.53. The highest BCUT2D eigenvalue weighted by Gasteiger charge is 2.11. The van der Waals surface area contributed by atoms with Gasteiger partial charge in [0.25, 0.3) is 0 Å². The Morgan fingerprint density at radius 2 is 2.00 bits per heavy atom. The highest BCUT2D eigenvalue weighted by atomic mass is 16.1. The maximum Gasteiger partial charge on any atom is 0.158 e. The number of ketones is 1. The van der Waals surface area contributed by atoms with E-state index in [4.69, 9.17) is 0 Å². The molecule has 0 N–H and O–H groups in total. The van der Waals surface area contributed by atoms with Crippen LogP contribution in [0.3, 0.4) is 0 Å². The highest BCUT2D eigenvalue weighted by Crippen LogP contribution is 2.20. The van der Waals surface area contributed by atoms with Crippen LogP contribution in [0.25, 0.3) is 0 Å². The minimum Gasteiger partial charge on any atom is -0.295 e. The van der Waals surface area contributed by atoms with Gasteiger partial charge < -0.3 is 0 Å². The molecular formula is C17H22O. The number of carbonyl (C=O) groups excluding carboxylic acids is 1. The smallest absolute Gasteiger partial charge is 0.158 e. The summed E-state index contributed by atoms with van der Waals surface area (Å²) in [6.07, 6.45) is 9.49. The van der Waals surface area contributed by atoms with Gasteiger partial charge in [-0.05, 0) is 55.7 Å². The normalized spacial score (nSPS) is 15.9. The Bertz CT molecular complexity index is 443. The van der Waals surface area contributed by atoms with E-state index in [-0.39, 0.29) is 0 Å². The van der Waals surface area contributed by atoms with E-state index in [1.54, 1.807) is 0 Å². The largest absolute Gasteiger partial charge is 0.295 e. The van der Waals surface area contributed by atoms with E-state index in [0.717, 1.165) is 24.8 Å². The van der Waals surface area contributed by atoms with E-state index < -0.39 is 0 Å². The Balaban J connectivity index is 1.92. The van der Waals surface area contributed by atoms with Gasteiger partial charge in [0.15, 0.2) is 5.78 Å². The van der Waals surface area contributed by atoms with Crippen molar-refractivity contribution >= 4 is 5.78 Å². The van der Waals surface area contributed by atoms with Crippen LogP contribution in [0.2, 0.25) is 0 Å². The molecule has 0 saturated carbocycles. The molecule has 0 fully saturated rings. The predicted molar refractivity (Wildman–Crippen MR) is 75.7 cm³/mol. The van der Waals surface area contributed by atoms with Crippen molar-refractivity contribution in [1.29, 1.82) is 0 Å². The van der Waals surface area contributed by atoms with Gasteiger partial charge in [0.05, 0.1) is 0 Å². The summed E-state index contributed by atoms with van der Waals surface area (Å²) < 4.78 is 0. The van der Waals surface area contributed by atoms with Crippen molar-refractivity contribution in [1.82, 2.24) is 0 Å². The van der Waals surface area contributed by atoms with Crippen molar-refractivity contribution < 1.29 is 4.79 Å². The molecule has 1 aromatic rings. The number of carbonyl (C=O) groups is 1. The summed E-state index contributed by atoms with van der Waals surface area (Å²) in [5.41, 5.74) is 3.68. The molecule has 1 aliphatic carbocycles. The number of aryl methyl sites for hydroxylation is 2. The van der Waals surface area contributed by atoms with Gasteiger partial charge in [-0.25, -0.2) is 0 Å². The van der Waals surface area contributed by atoms with Crippen LogP contribution >= 0.6 is 0 Å². The fourth-order valence-corrected chi connectivity index (χ4v) is 2.57. The molecule has 0 unspecified atom stereocenters. The van der Waals surface area contributed by atoms with Crippen LogP contribution in [0.15, 0.2) is 35.9 Å². The minimum absolute atomic E-state index is 0.361. The van der Waals surface area contributed by atoms with Crippen molar-refractivity contribution in [3.63, 3.8) is 0 Å². The van der Waals surface area contributed by atoms with Gasteiger partial charge in [0.2, 0.25) is 0 Å². The van der Waals surface area contributed by atoms with E-state index in [9.17, 15) is 4.79 Å². The molecule has 1 aromatic carbocycles. The molecule has 2 rings (SSSR count). The Hall–Kier alpha value is -1.37. The molecule has 1 nitrogen and oxygen atoms in total. The molecule has 0 radical (unpaired) electrons. The average molecular weight is 242 g/mol. The van der Waals surface area contributed by atoms with Crippen molar-refractivity contribution in [3.05, 3.63) is 47.0 Å². The van der Waals surface area contributed by atoms with Gasteiger partial charge >= 0.3 is 0 Å². The summed E-state index contributed by atoms with van der Waals surface area (Å²) in [5.74, 6) is 0.361. The van der Waals surface area contributed by atoms with Crippen LogP contribution in [0, 0.1) is 6.92 Å². The fourth-order valence-electron chi connectivity index (χ4n) is 2.57. The Morgan fingerprint density at radius 3 is 2.83 bits per heavy atom. The van der Waals surface area contributed by atoms with E-state index in [1.165, 1.54) is 30.4 Å². The third-order valence-corrected chi connectivity index (χ3v) is 3.78.